The van der Waals surface area contributed by atoms with Crippen LogP contribution >= 0.6 is 0 Å². The van der Waals surface area contributed by atoms with E-state index >= 15 is 0 Å². The highest BCUT2D eigenvalue weighted by molar-refractivity contribution is 5.45. The summed E-state index contributed by atoms with van der Waals surface area (Å²) < 4.78 is 0. The highest BCUT2D eigenvalue weighted by Gasteiger charge is 2.19. The van der Waals surface area contributed by atoms with E-state index in [0.717, 1.165) is 56.6 Å². The minimum absolute atomic E-state index is 0.780. The summed E-state index contributed by atoms with van der Waals surface area (Å²) in [6, 6.07) is 8.20. The van der Waals surface area contributed by atoms with Crippen LogP contribution in [0.25, 0.3) is 0 Å². The van der Waals surface area contributed by atoms with Crippen molar-refractivity contribution in [1.29, 1.82) is 0 Å². The summed E-state index contributed by atoms with van der Waals surface area (Å²) in [5.74, 6) is 1.82. The van der Waals surface area contributed by atoms with Gasteiger partial charge in [-0.3, -0.25) is 9.88 Å². The molecule has 0 radical (unpaired) electrons. The zero-order valence-corrected chi connectivity index (χ0v) is 14.8. The molecule has 1 aliphatic heterocycles. The molecule has 0 N–H and O–H groups in total. The molecular weight excluding hydrogens is 300 g/mol. The third-order valence-electron chi connectivity index (χ3n) is 4.34. The van der Waals surface area contributed by atoms with Crippen molar-refractivity contribution in [3.8, 4) is 0 Å². The van der Waals surface area contributed by atoms with Gasteiger partial charge in [0, 0.05) is 76.9 Å². The van der Waals surface area contributed by atoms with Gasteiger partial charge < -0.3 is 9.80 Å². The second-order valence-electron chi connectivity index (χ2n) is 6.46. The number of rotatable bonds is 5. The molecule has 0 aliphatic carbocycles. The van der Waals surface area contributed by atoms with Crippen molar-refractivity contribution in [2.45, 2.75) is 13.3 Å². The lowest BCUT2D eigenvalue weighted by Gasteiger charge is -2.35. The monoisotopic (exact) mass is 326 g/mol. The third kappa shape index (κ3) is 4.20. The Kier molecular flexibility index (Phi) is 5.25. The van der Waals surface area contributed by atoms with E-state index in [2.05, 4.69) is 43.0 Å². The van der Waals surface area contributed by atoms with E-state index < -0.39 is 0 Å². The smallest absolute Gasteiger partial charge is 0.226 e. The van der Waals surface area contributed by atoms with E-state index in [0.29, 0.717) is 0 Å². The predicted molar refractivity (Wildman–Crippen MR) is 97.7 cm³/mol. The molecule has 1 saturated heterocycles. The van der Waals surface area contributed by atoms with Crippen LogP contribution in [0.4, 0.5) is 11.8 Å². The quantitative estimate of drug-likeness (QED) is 0.832. The van der Waals surface area contributed by atoms with Gasteiger partial charge in [0.2, 0.25) is 5.95 Å². The van der Waals surface area contributed by atoms with Crippen molar-refractivity contribution in [2.24, 2.45) is 0 Å². The molecule has 128 valence electrons. The molecule has 0 atom stereocenters. The molecule has 3 rings (SSSR count). The summed E-state index contributed by atoms with van der Waals surface area (Å²) in [6.45, 7) is 7.23. The first kappa shape index (κ1) is 16.6. The zero-order chi connectivity index (χ0) is 16.9. The fourth-order valence-electron chi connectivity index (χ4n) is 2.92. The molecule has 0 saturated carbocycles. The van der Waals surface area contributed by atoms with Crippen LogP contribution in [0.3, 0.4) is 0 Å². The van der Waals surface area contributed by atoms with Crippen molar-refractivity contribution in [3.63, 3.8) is 0 Å². The van der Waals surface area contributed by atoms with E-state index in [1.165, 1.54) is 5.69 Å². The summed E-state index contributed by atoms with van der Waals surface area (Å²) in [4.78, 5) is 20.4. The number of aromatic nitrogens is 3. The highest BCUT2D eigenvalue weighted by Crippen LogP contribution is 2.18. The standard InChI is InChI=1S/C18H26N6/c1-15-14-17(21-18(20-15)22(2)3)24-12-10-23(11-13-24)9-7-16-6-4-5-8-19-16/h4-6,8,14H,7,9-13H2,1-3H3. The molecule has 1 fully saturated rings. The number of hydrogen-bond donors (Lipinski definition) is 0. The molecule has 3 heterocycles. The highest BCUT2D eigenvalue weighted by atomic mass is 15.3. The minimum Gasteiger partial charge on any atom is -0.354 e. The molecule has 0 aromatic carbocycles. The van der Waals surface area contributed by atoms with Crippen molar-refractivity contribution in [3.05, 3.63) is 41.9 Å². The number of piperazine rings is 1. The van der Waals surface area contributed by atoms with Gasteiger partial charge in [-0.05, 0) is 19.1 Å². The van der Waals surface area contributed by atoms with Gasteiger partial charge in [-0.2, -0.15) is 4.98 Å². The topological polar surface area (TPSA) is 48.4 Å². The lowest BCUT2D eigenvalue weighted by atomic mass is 10.2. The molecule has 2 aromatic heterocycles. The van der Waals surface area contributed by atoms with Gasteiger partial charge in [-0.15, -0.1) is 0 Å². The van der Waals surface area contributed by atoms with Crippen LogP contribution in [-0.4, -0.2) is 66.7 Å². The van der Waals surface area contributed by atoms with Crippen molar-refractivity contribution < 1.29 is 0 Å². The fourth-order valence-corrected chi connectivity index (χ4v) is 2.92. The van der Waals surface area contributed by atoms with Crippen LogP contribution in [0.1, 0.15) is 11.4 Å². The Hall–Kier alpha value is -2.21. The fraction of sp³-hybridized carbons (Fsp3) is 0.500. The second kappa shape index (κ2) is 7.57. The minimum atomic E-state index is 0.780. The second-order valence-corrected chi connectivity index (χ2v) is 6.46. The van der Waals surface area contributed by atoms with Crippen LogP contribution in [0, 0.1) is 6.92 Å². The largest absolute Gasteiger partial charge is 0.354 e. The van der Waals surface area contributed by atoms with E-state index in [4.69, 9.17) is 0 Å². The number of hydrogen-bond acceptors (Lipinski definition) is 6. The average Bonchev–Trinajstić information content (AvgIpc) is 2.61. The number of anilines is 2. The van der Waals surface area contributed by atoms with Gasteiger partial charge in [-0.1, -0.05) is 6.07 Å². The Bertz CT molecular complexity index is 650. The molecule has 0 unspecified atom stereocenters. The number of nitrogens with zero attached hydrogens (tertiary/aromatic N) is 6. The Morgan fingerprint density at radius 1 is 1.08 bits per heavy atom. The predicted octanol–water partition coefficient (Wildman–Crippen LogP) is 1.61. The summed E-state index contributed by atoms with van der Waals surface area (Å²) in [5, 5.41) is 0. The molecular formula is C18H26N6. The van der Waals surface area contributed by atoms with E-state index in [-0.39, 0.29) is 0 Å². The lowest BCUT2D eigenvalue weighted by molar-refractivity contribution is 0.259. The van der Waals surface area contributed by atoms with Crippen LogP contribution in [0.2, 0.25) is 0 Å². The normalized spacial score (nSPS) is 15.5. The van der Waals surface area contributed by atoms with Crippen molar-refractivity contribution >= 4 is 11.8 Å². The molecule has 6 heteroatoms. The maximum atomic E-state index is 4.69. The van der Waals surface area contributed by atoms with Gasteiger partial charge in [0.25, 0.3) is 0 Å². The Balaban J connectivity index is 1.55. The van der Waals surface area contributed by atoms with Crippen LogP contribution in [0.15, 0.2) is 30.5 Å². The summed E-state index contributed by atoms with van der Waals surface area (Å²) >= 11 is 0. The summed E-state index contributed by atoms with van der Waals surface area (Å²) in [6.07, 6.45) is 2.88. The molecule has 0 spiro atoms. The van der Waals surface area contributed by atoms with E-state index in [1.807, 2.05) is 38.2 Å². The molecule has 2 aromatic rings. The first-order chi connectivity index (χ1) is 11.6. The summed E-state index contributed by atoms with van der Waals surface area (Å²) in [5.41, 5.74) is 2.18. The Morgan fingerprint density at radius 2 is 1.88 bits per heavy atom. The van der Waals surface area contributed by atoms with Gasteiger partial charge in [0.1, 0.15) is 5.82 Å². The van der Waals surface area contributed by atoms with Crippen molar-refractivity contribution in [1.82, 2.24) is 19.9 Å². The van der Waals surface area contributed by atoms with Gasteiger partial charge in [0.15, 0.2) is 0 Å². The maximum Gasteiger partial charge on any atom is 0.226 e. The van der Waals surface area contributed by atoms with Gasteiger partial charge in [0.05, 0.1) is 0 Å². The average molecular weight is 326 g/mol. The molecule has 6 nitrogen and oxygen atoms in total. The SMILES string of the molecule is Cc1cc(N2CCN(CCc3ccccn3)CC2)nc(N(C)C)n1. The molecule has 24 heavy (non-hydrogen) atoms. The van der Waals surface area contributed by atoms with Crippen LogP contribution < -0.4 is 9.80 Å². The van der Waals surface area contributed by atoms with E-state index in [1.54, 1.807) is 0 Å². The molecule has 0 amide bonds. The zero-order valence-electron chi connectivity index (χ0n) is 14.8. The number of aryl methyl sites for hydroxylation is 1. The van der Waals surface area contributed by atoms with Crippen LogP contribution in [-0.2, 0) is 6.42 Å². The maximum absolute atomic E-state index is 4.69. The first-order valence-corrected chi connectivity index (χ1v) is 8.52. The first-order valence-electron chi connectivity index (χ1n) is 8.52. The van der Waals surface area contributed by atoms with Crippen molar-refractivity contribution in [2.75, 3.05) is 56.6 Å². The lowest BCUT2D eigenvalue weighted by Crippen LogP contribution is -2.47. The summed E-state index contributed by atoms with van der Waals surface area (Å²) in [7, 11) is 3.96. The number of pyridine rings is 1. The molecule has 0 bridgehead atoms. The van der Waals surface area contributed by atoms with Gasteiger partial charge in [-0.25, -0.2) is 4.98 Å². The molecule has 1 aliphatic rings. The van der Waals surface area contributed by atoms with Gasteiger partial charge >= 0.3 is 0 Å². The third-order valence-corrected chi connectivity index (χ3v) is 4.34. The van der Waals surface area contributed by atoms with E-state index in [9.17, 15) is 0 Å². The van der Waals surface area contributed by atoms with Crippen LogP contribution in [0.5, 0.6) is 0 Å². The Morgan fingerprint density at radius 3 is 2.54 bits per heavy atom. The Labute approximate surface area is 144 Å².